The molecule has 1 N–H and O–H groups in total. The van der Waals surface area contributed by atoms with Crippen molar-refractivity contribution in [2.24, 2.45) is 0 Å². The molecule has 1 aliphatic rings. The van der Waals surface area contributed by atoms with Crippen LogP contribution in [-0.2, 0) is 22.9 Å². The standard InChI is InChI=1S/C11H17N3O4S/c1-7(2)19(17,18)10-4-12-14-5-8(3)13(11(15)16)6-9(10)14/h4,7-8H,5-6H2,1-3H3,(H,15,16)/t8-/m0/s1. The number of hydrogen-bond acceptors (Lipinski definition) is 4. The van der Waals surface area contributed by atoms with E-state index in [9.17, 15) is 13.2 Å². The predicted molar refractivity (Wildman–Crippen MR) is 67.6 cm³/mol. The third kappa shape index (κ3) is 2.20. The number of nitrogens with zero attached hydrogens (tertiary/aromatic N) is 3. The molecular weight excluding hydrogens is 270 g/mol. The fraction of sp³-hybridized carbons (Fsp3) is 0.636. The number of fused-ring (bicyclic) bond motifs is 1. The van der Waals surface area contributed by atoms with E-state index in [0.29, 0.717) is 12.2 Å². The average molecular weight is 287 g/mol. The van der Waals surface area contributed by atoms with Crippen molar-refractivity contribution in [2.45, 2.75) is 50.0 Å². The molecule has 0 aromatic carbocycles. The number of aromatic nitrogens is 2. The Labute approximate surface area is 111 Å². The highest BCUT2D eigenvalue weighted by Crippen LogP contribution is 2.26. The monoisotopic (exact) mass is 287 g/mol. The van der Waals surface area contributed by atoms with Crippen molar-refractivity contribution >= 4 is 15.9 Å². The highest BCUT2D eigenvalue weighted by molar-refractivity contribution is 7.92. The minimum atomic E-state index is -3.44. The van der Waals surface area contributed by atoms with E-state index in [1.54, 1.807) is 25.5 Å². The molecular formula is C11H17N3O4S. The number of carboxylic acid groups (broad SMARTS) is 1. The molecule has 106 valence electrons. The molecule has 0 fully saturated rings. The molecule has 0 saturated heterocycles. The Morgan fingerprint density at radius 1 is 1.53 bits per heavy atom. The van der Waals surface area contributed by atoms with Gasteiger partial charge in [-0.05, 0) is 20.8 Å². The van der Waals surface area contributed by atoms with Crippen LogP contribution in [0.4, 0.5) is 4.79 Å². The Morgan fingerprint density at radius 2 is 2.16 bits per heavy atom. The Kier molecular flexibility index (Phi) is 3.29. The first-order valence-corrected chi connectivity index (χ1v) is 7.58. The molecule has 0 radical (unpaired) electrons. The second-order valence-electron chi connectivity index (χ2n) is 4.99. The van der Waals surface area contributed by atoms with Gasteiger partial charge in [0, 0.05) is 0 Å². The van der Waals surface area contributed by atoms with Gasteiger partial charge in [0.05, 0.1) is 36.3 Å². The smallest absolute Gasteiger partial charge is 0.407 e. The Bertz CT molecular complexity index is 605. The molecule has 19 heavy (non-hydrogen) atoms. The maximum atomic E-state index is 12.2. The fourth-order valence-electron chi connectivity index (χ4n) is 2.12. The normalized spacial score (nSPS) is 19.6. The zero-order valence-corrected chi connectivity index (χ0v) is 11.9. The summed E-state index contributed by atoms with van der Waals surface area (Å²) < 4.78 is 26.0. The van der Waals surface area contributed by atoms with Gasteiger partial charge in [-0.3, -0.25) is 9.58 Å². The van der Waals surface area contributed by atoms with Crippen LogP contribution >= 0.6 is 0 Å². The van der Waals surface area contributed by atoms with Crippen LogP contribution in [0.25, 0.3) is 0 Å². The van der Waals surface area contributed by atoms with Crippen molar-refractivity contribution in [3.8, 4) is 0 Å². The van der Waals surface area contributed by atoms with Gasteiger partial charge in [0.25, 0.3) is 0 Å². The molecule has 1 amide bonds. The maximum Gasteiger partial charge on any atom is 0.407 e. The molecule has 8 heteroatoms. The number of hydrogen-bond donors (Lipinski definition) is 1. The number of amides is 1. The SMILES string of the molecule is CC(C)S(=O)(=O)c1cnn2c1CN(C(=O)O)[C@@H](C)C2. The molecule has 0 bridgehead atoms. The minimum absolute atomic E-state index is 0.0534. The Hall–Kier alpha value is -1.57. The number of rotatable bonds is 2. The summed E-state index contributed by atoms with van der Waals surface area (Å²) in [6.07, 6.45) is 0.274. The van der Waals surface area contributed by atoms with Crippen LogP contribution in [0, 0.1) is 0 Å². The van der Waals surface area contributed by atoms with E-state index >= 15 is 0 Å². The first kappa shape index (κ1) is 13.9. The van der Waals surface area contributed by atoms with Crippen molar-refractivity contribution < 1.29 is 18.3 Å². The second-order valence-corrected chi connectivity index (χ2v) is 7.46. The van der Waals surface area contributed by atoms with Gasteiger partial charge in [0.2, 0.25) is 0 Å². The van der Waals surface area contributed by atoms with E-state index in [1.165, 1.54) is 11.1 Å². The molecule has 2 heterocycles. The lowest BCUT2D eigenvalue weighted by atomic mass is 10.2. The van der Waals surface area contributed by atoms with E-state index in [-0.39, 0.29) is 17.5 Å². The second kappa shape index (κ2) is 4.52. The quantitative estimate of drug-likeness (QED) is 0.874. The molecule has 0 spiro atoms. The van der Waals surface area contributed by atoms with Gasteiger partial charge in [-0.25, -0.2) is 13.2 Å². The molecule has 0 saturated carbocycles. The molecule has 0 unspecified atom stereocenters. The van der Waals surface area contributed by atoms with E-state index < -0.39 is 21.2 Å². The lowest BCUT2D eigenvalue weighted by molar-refractivity contribution is 0.104. The molecule has 0 aliphatic carbocycles. The van der Waals surface area contributed by atoms with Crippen molar-refractivity contribution in [3.05, 3.63) is 11.9 Å². The topological polar surface area (TPSA) is 92.5 Å². The van der Waals surface area contributed by atoms with E-state index in [1.807, 2.05) is 0 Å². The fourth-order valence-corrected chi connectivity index (χ4v) is 3.32. The number of carbonyl (C=O) groups is 1. The summed E-state index contributed by atoms with van der Waals surface area (Å²) in [7, 11) is -3.44. The van der Waals surface area contributed by atoms with Crippen molar-refractivity contribution in [3.63, 3.8) is 0 Å². The summed E-state index contributed by atoms with van der Waals surface area (Å²) in [6.45, 7) is 5.39. The zero-order valence-electron chi connectivity index (χ0n) is 11.1. The molecule has 1 aromatic rings. The lowest BCUT2D eigenvalue weighted by Crippen LogP contribution is -2.44. The highest BCUT2D eigenvalue weighted by atomic mass is 32.2. The Balaban J connectivity index is 2.48. The summed E-state index contributed by atoms with van der Waals surface area (Å²) in [4.78, 5) is 12.5. The maximum absolute atomic E-state index is 12.2. The zero-order chi connectivity index (χ0) is 14.4. The van der Waals surface area contributed by atoms with E-state index in [0.717, 1.165) is 0 Å². The van der Waals surface area contributed by atoms with Gasteiger partial charge in [-0.15, -0.1) is 0 Å². The summed E-state index contributed by atoms with van der Waals surface area (Å²) in [5, 5.41) is 12.6. The van der Waals surface area contributed by atoms with Gasteiger partial charge in [-0.1, -0.05) is 0 Å². The van der Waals surface area contributed by atoms with Crippen molar-refractivity contribution in [1.82, 2.24) is 14.7 Å². The van der Waals surface area contributed by atoms with Gasteiger partial charge < -0.3 is 5.11 Å². The van der Waals surface area contributed by atoms with Crippen LogP contribution in [0.2, 0.25) is 0 Å². The highest BCUT2D eigenvalue weighted by Gasteiger charge is 2.33. The summed E-state index contributed by atoms with van der Waals surface area (Å²) in [6, 6.07) is -0.223. The predicted octanol–water partition coefficient (Wildman–Crippen LogP) is 0.947. The molecule has 1 aliphatic heterocycles. The third-order valence-electron chi connectivity index (χ3n) is 3.37. The lowest BCUT2D eigenvalue weighted by Gasteiger charge is -2.32. The Morgan fingerprint density at radius 3 is 2.68 bits per heavy atom. The van der Waals surface area contributed by atoms with Crippen molar-refractivity contribution in [2.75, 3.05) is 0 Å². The summed E-state index contributed by atoms with van der Waals surface area (Å²) >= 11 is 0. The van der Waals surface area contributed by atoms with Crippen LogP contribution in [-0.4, -0.2) is 45.6 Å². The van der Waals surface area contributed by atoms with Gasteiger partial charge in [0.1, 0.15) is 4.90 Å². The summed E-state index contributed by atoms with van der Waals surface area (Å²) in [5.41, 5.74) is 0.453. The van der Waals surface area contributed by atoms with Crippen molar-refractivity contribution in [1.29, 1.82) is 0 Å². The van der Waals surface area contributed by atoms with Crippen LogP contribution in [0.5, 0.6) is 0 Å². The van der Waals surface area contributed by atoms with Gasteiger partial charge >= 0.3 is 6.09 Å². The van der Waals surface area contributed by atoms with Crippen LogP contribution in [0.1, 0.15) is 26.5 Å². The third-order valence-corrected chi connectivity index (χ3v) is 5.57. The van der Waals surface area contributed by atoms with E-state index in [4.69, 9.17) is 5.11 Å². The van der Waals surface area contributed by atoms with Gasteiger partial charge in [0.15, 0.2) is 9.84 Å². The van der Waals surface area contributed by atoms with Crippen LogP contribution < -0.4 is 0 Å². The average Bonchev–Trinajstić information content (AvgIpc) is 2.70. The first-order valence-electron chi connectivity index (χ1n) is 6.03. The summed E-state index contributed by atoms with van der Waals surface area (Å²) in [5.74, 6) is 0. The first-order chi connectivity index (χ1) is 8.75. The van der Waals surface area contributed by atoms with Gasteiger partial charge in [-0.2, -0.15) is 5.10 Å². The minimum Gasteiger partial charge on any atom is -0.465 e. The van der Waals surface area contributed by atoms with Crippen LogP contribution in [0.3, 0.4) is 0 Å². The molecule has 1 atom stereocenters. The largest absolute Gasteiger partial charge is 0.465 e. The molecule has 2 rings (SSSR count). The molecule has 7 nitrogen and oxygen atoms in total. The van der Waals surface area contributed by atoms with Crippen LogP contribution in [0.15, 0.2) is 11.1 Å². The van der Waals surface area contributed by atoms with E-state index in [2.05, 4.69) is 5.10 Å². The number of sulfone groups is 1. The molecule has 1 aromatic heterocycles.